The monoisotopic (exact) mass is 311 g/mol. The van der Waals surface area contributed by atoms with E-state index >= 15 is 0 Å². The summed E-state index contributed by atoms with van der Waals surface area (Å²) in [6, 6.07) is 11.3. The van der Waals surface area contributed by atoms with Crippen molar-refractivity contribution >= 4 is 0 Å². The summed E-state index contributed by atoms with van der Waals surface area (Å²) in [7, 11) is 1.58. The van der Waals surface area contributed by atoms with E-state index in [1.165, 1.54) is 0 Å². The third-order valence-electron chi connectivity index (χ3n) is 3.30. The molecule has 0 spiro atoms. The highest BCUT2D eigenvalue weighted by atomic mass is 16.5. The van der Waals surface area contributed by atoms with Gasteiger partial charge in [-0.25, -0.2) is 9.97 Å². The lowest BCUT2D eigenvalue weighted by atomic mass is 10.2. The number of ether oxygens (including phenoxy) is 2. The van der Waals surface area contributed by atoms with Crippen LogP contribution < -0.4 is 9.47 Å². The van der Waals surface area contributed by atoms with E-state index in [-0.39, 0.29) is 13.2 Å². The number of hydrogen-bond acceptors (Lipinski definition) is 5. The number of hydrogen-bond donors (Lipinski definition) is 1. The molecule has 0 fully saturated rings. The molecule has 1 aromatic carbocycles. The Bertz CT molecular complexity index is 786. The summed E-state index contributed by atoms with van der Waals surface area (Å²) in [6.07, 6.45) is 5.31. The second-order valence-electron chi connectivity index (χ2n) is 4.78. The first-order chi connectivity index (χ1) is 11.3. The van der Waals surface area contributed by atoms with Crippen LogP contribution in [0.5, 0.6) is 11.6 Å². The number of benzene rings is 1. The highest BCUT2D eigenvalue weighted by Crippen LogP contribution is 2.25. The molecule has 23 heavy (non-hydrogen) atoms. The minimum atomic E-state index is -0.0165. The van der Waals surface area contributed by atoms with Gasteiger partial charge < -0.3 is 14.6 Å². The molecule has 0 aliphatic rings. The van der Waals surface area contributed by atoms with Crippen LogP contribution in [-0.4, -0.2) is 40.0 Å². The molecular formula is C17H17N3O3. The summed E-state index contributed by atoms with van der Waals surface area (Å²) < 4.78 is 12.6. The van der Waals surface area contributed by atoms with Crippen molar-refractivity contribution in [2.45, 2.75) is 0 Å². The van der Waals surface area contributed by atoms with Crippen LogP contribution in [0.3, 0.4) is 0 Å². The molecule has 3 rings (SSSR count). The lowest BCUT2D eigenvalue weighted by molar-refractivity contribution is 0.201. The number of imidazole rings is 1. The third kappa shape index (κ3) is 3.32. The molecule has 2 heterocycles. The van der Waals surface area contributed by atoms with E-state index in [0.717, 1.165) is 17.1 Å². The van der Waals surface area contributed by atoms with Crippen molar-refractivity contribution in [3.63, 3.8) is 0 Å². The molecule has 0 saturated carbocycles. The van der Waals surface area contributed by atoms with Crippen molar-refractivity contribution in [1.82, 2.24) is 14.5 Å². The Labute approximate surface area is 134 Å². The second-order valence-corrected chi connectivity index (χ2v) is 4.78. The maximum atomic E-state index is 8.87. The average Bonchev–Trinajstić information content (AvgIpc) is 3.10. The summed E-state index contributed by atoms with van der Waals surface area (Å²) in [4.78, 5) is 8.54. The fourth-order valence-electron chi connectivity index (χ4n) is 2.27. The quantitative estimate of drug-likeness (QED) is 0.756. The van der Waals surface area contributed by atoms with E-state index in [0.29, 0.717) is 11.6 Å². The molecule has 6 heteroatoms. The zero-order valence-corrected chi connectivity index (χ0v) is 12.7. The maximum Gasteiger partial charge on any atom is 0.213 e. The Kier molecular flexibility index (Phi) is 4.54. The highest BCUT2D eigenvalue weighted by molar-refractivity contribution is 5.60. The molecule has 0 atom stereocenters. The fraction of sp³-hybridized carbons (Fsp3) is 0.176. The van der Waals surface area contributed by atoms with E-state index in [9.17, 15) is 0 Å². The molecule has 0 saturated heterocycles. The van der Waals surface area contributed by atoms with Crippen LogP contribution in [0.1, 0.15) is 0 Å². The summed E-state index contributed by atoms with van der Waals surface area (Å²) >= 11 is 0. The molecule has 1 N–H and O–H groups in total. The minimum absolute atomic E-state index is 0.0165. The zero-order chi connectivity index (χ0) is 16.1. The van der Waals surface area contributed by atoms with Gasteiger partial charge in [-0.05, 0) is 18.2 Å². The number of aliphatic hydroxyl groups excluding tert-OH is 1. The normalized spacial score (nSPS) is 10.5. The van der Waals surface area contributed by atoms with Gasteiger partial charge in [-0.15, -0.1) is 0 Å². The van der Waals surface area contributed by atoms with Gasteiger partial charge in [-0.3, -0.25) is 4.57 Å². The third-order valence-corrected chi connectivity index (χ3v) is 3.30. The van der Waals surface area contributed by atoms with Crippen LogP contribution >= 0.6 is 0 Å². The topological polar surface area (TPSA) is 69.4 Å². The van der Waals surface area contributed by atoms with Crippen LogP contribution in [0, 0.1) is 0 Å². The molecule has 0 unspecified atom stereocenters. The van der Waals surface area contributed by atoms with E-state index in [1.54, 1.807) is 19.5 Å². The molecule has 0 radical (unpaired) electrons. The molecule has 6 nitrogen and oxygen atoms in total. The largest absolute Gasteiger partial charge is 0.491 e. The Morgan fingerprint density at radius 2 is 2.04 bits per heavy atom. The molecular weight excluding hydrogens is 294 g/mol. The molecule has 0 aliphatic heterocycles. The number of rotatable bonds is 6. The van der Waals surface area contributed by atoms with E-state index < -0.39 is 0 Å². The van der Waals surface area contributed by atoms with Crippen molar-refractivity contribution in [1.29, 1.82) is 0 Å². The Morgan fingerprint density at radius 1 is 1.13 bits per heavy atom. The number of methoxy groups -OCH3 is 1. The summed E-state index contributed by atoms with van der Waals surface area (Å²) in [6.45, 7) is 0.249. The number of aromatic nitrogens is 3. The molecule has 0 aliphatic carbocycles. The smallest absolute Gasteiger partial charge is 0.213 e. The fourth-order valence-corrected chi connectivity index (χ4v) is 2.27. The molecule has 2 aromatic heterocycles. The number of pyridine rings is 1. The first-order valence-corrected chi connectivity index (χ1v) is 7.19. The van der Waals surface area contributed by atoms with Gasteiger partial charge in [0.15, 0.2) is 0 Å². The lowest BCUT2D eigenvalue weighted by Crippen LogP contribution is -2.02. The second kappa shape index (κ2) is 6.93. The van der Waals surface area contributed by atoms with E-state index in [1.807, 2.05) is 47.2 Å². The van der Waals surface area contributed by atoms with Crippen molar-refractivity contribution < 1.29 is 14.6 Å². The van der Waals surface area contributed by atoms with Crippen molar-refractivity contribution in [3.05, 3.63) is 55.0 Å². The first-order valence-electron chi connectivity index (χ1n) is 7.19. The summed E-state index contributed by atoms with van der Waals surface area (Å²) in [5, 5.41) is 8.87. The average molecular weight is 311 g/mol. The predicted octanol–water partition coefficient (Wildman–Crippen LogP) is 2.31. The summed E-state index contributed by atoms with van der Waals surface area (Å²) in [5.74, 6) is 2.02. The van der Waals surface area contributed by atoms with Gasteiger partial charge in [0, 0.05) is 36.3 Å². The lowest BCUT2D eigenvalue weighted by Gasteiger charge is -2.11. The van der Waals surface area contributed by atoms with Gasteiger partial charge in [-0.2, -0.15) is 0 Å². The predicted molar refractivity (Wildman–Crippen MR) is 85.9 cm³/mol. The van der Waals surface area contributed by atoms with Crippen molar-refractivity contribution in [2.24, 2.45) is 0 Å². The van der Waals surface area contributed by atoms with E-state index in [2.05, 4.69) is 9.97 Å². The zero-order valence-electron chi connectivity index (χ0n) is 12.7. The Balaban J connectivity index is 1.97. The van der Waals surface area contributed by atoms with Crippen LogP contribution in [0.2, 0.25) is 0 Å². The Morgan fingerprint density at radius 3 is 2.87 bits per heavy atom. The minimum Gasteiger partial charge on any atom is -0.491 e. The van der Waals surface area contributed by atoms with Crippen LogP contribution in [-0.2, 0) is 0 Å². The maximum absolute atomic E-state index is 8.87. The molecule has 0 bridgehead atoms. The first kappa shape index (κ1) is 15.1. The van der Waals surface area contributed by atoms with Gasteiger partial charge in [0.2, 0.25) is 5.88 Å². The molecule has 118 valence electrons. The molecule has 3 aromatic rings. The van der Waals surface area contributed by atoms with Crippen molar-refractivity contribution in [2.75, 3.05) is 20.3 Å². The standard InChI is InChI=1S/C17H17N3O3/c1-22-16-11-13(5-6-18-16)17-19-7-8-20(17)14-3-2-4-15(12-14)23-10-9-21/h2-8,11-12,21H,9-10H2,1H3. The van der Waals surface area contributed by atoms with E-state index in [4.69, 9.17) is 14.6 Å². The molecule has 0 amide bonds. The number of nitrogens with zero attached hydrogens (tertiary/aromatic N) is 3. The van der Waals surface area contributed by atoms with Gasteiger partial charge in [-0.1, -0.05) is 6.07 Å². The van der Waals surface area contributed by atoms with Crippen LogP contribution in [0.4, 0.5) is 0 Å². The number of aliphatic hydroxyl groups is 1. The van der Waals surface area contributed by atoms with Crippen molar-refractivity contribution in [3.8, 4) is 28.7 Å². The summed E-state index contributed by atoms with van der Waals surface area (Å²) in [5.41, 5.74) is 1.83. The van der Waals surface area contributed by atoms with Gasteiger partial charge in [0.1, 0.15) is 18.2 Å². The highest BCUT2D eigenvalue weighted by Gasteiger charge is 2.09. The van der Waals surface area contributed by atoms with Gasteiger partial charge in [0.05, 0.1) is 19.4 Å². The van der Waals surface area contributed by atoms with Crippen LogP contribution in [0.15, 0.2) is 55.0 Å². The Hall–Kier alpha value is -2.86. The van der Waals surface area contributed by atoms with Gasteiger partial charge >= 0.3 is 0 Å². The SMILES string of the molecule is COc1cc(-c2nccn2-c2cccc(OCCO)c2)ccn1. The van der Waals surface area contributed by atoms with Gasteiger partial charge in [0.25, 0.3) is 0 Å². The van der Waals surface area contributed by atoms with Crippen LogP contribution in [0.25, 0.3) is 17.1 Å².